The predicted molar refractivity (Wildman–Crippen MR) is 55.9 cm³/mol. The predicted octanol–water partition coefficient (Wildman–Crippen LogP) is 0.0387. The van der Waals surface area contributed by atoms with E-state index in [2.05, 4.69) is 0 Å². The highest BCUT2D eigenvalue weighted by Crippen LogP contribution is 2.35. The van der Waals surface area contributed by atoms with Gasteiger partial charge in [0.1, 0.15) is 18.3 Å². The number of aliphatic hydroxyl groups is 2. The summed E-state index contributed by atoms with van der Waals surface area (Å²) in [5.74, 6) is -0.853. The number of aliphatic hydroxyl groups excluding tert-OH is 1. The third kappa shape index (κ3) is 2.55. The molecule has 5 heteroatoms. The maximum atomic E-state index is 9.79. The van der Waals surface area contributed by atoms with Crippen LogP contribution in [0.3, 0.4) is 0 Å². The van der Waals surface area contributed by atoms with Crippen LogP contribution in [0.25, 0.3) is 0 Å². The highest BCUT2D eigenvalue weighted by Gasteiger charge is 2.48. The molecule has 0 aromatic carbocycles. The second-order valence-corrected chi connectivity index (χ2v) is 5.46. The average Bonchev–Trinajstić information content (AvgIpc) is 2.44. The van der Waals surface area contributed by atoms with Gasteiger partial charge >= 0.3 is 0 Å². The van der Waals surface area contributed by atoms with E-state index in [0.29, 0.717) is 13.0 Å². The molecule has 94 valence electrons. The SMILES string of the molecule is CC(C)(O)CC1(C)OCC2OCC(O)C2O1. The number of hydrogen-bond donors (Lipinski definition) is 2. The lowest BCUT2D eigenvalue weighted by atomic mass is 9.97. The smallest absolute Gasteiger partial charge is 0.169 e. The molecule has 0 amide bonds. The van der Waals surface area contributed by atoms with Crippen LogP contribution < -0.4 is 0 Å². The first-order valence-corrected chi connectivity index (χ1v) is 5.63. The van der Waals surface area contributed by atoms with Gasteiger partial charge in [-0.2, -0.15) is 0 Å². The molecule has 0 radical (unpaired) electrons. The first-order chi connectivity index (χ1) is 7.29. The Hall–Kier alpha value is -0.200. The summed E-state index contributed by atoms with van der Waals surface area (Å²) in [4.78, 5) is 0. The fourth-order valence-electron chi connectivity index (χ4n) is 2.42. The van der Waals surface area contributed by atoms with Gasteiger partial charge in [0, 0.05) is 6.42 Å². The van der Waals surface area contributed by atoms with Gasteiger partial charge in [0.15, 0.2) is 5.79 Å². The molecule has 5 nitrogen and oxygen atoms in total. The second-order valence-electron chi connectivity index (χ2n) is 5.46. The minimum absolute atomic E-state index is 0.190. The summed E-state index contributed by atoms with van der Waals surface area (Å²) in [6.45, 7) is 5.88. The van der Waals surface area contributed by atoms with Crippen molar-refractivity contribution in [3.05, 3.63) is 0 Å². The molecule has 4 atom stereocenters. The van der Waals surface area contributed by atoms with Crippen molar-refractivity contribution in [1.82, 2.24) is 0 Å². The van der Waals surface area contributed by atoms with Gasteiger partial charge in [0.05, 0.1) is 18.8 Å². The van der Waals surface area contributed by atoms with Crippen molar-refractivity contribution in [2.24, 2.45) is 0 Å². The van der Waals surface area contributed by atoms with Crippen molar-refractivity contribution >= 4 is 0 Å². The Morgan fingerprint density at radius 3 is 2.69 bits per heavy atom. The normalized spacial score (nSPS) is 44.4. The number of rotatable bonds is 2. The lowest BCUT2D eigenvalue weighted by Crippen LogP contribution is -2.53. The van der Waals surface area contributed by atoms with Crippen LogP contribution in [-0.4, -0.2) is 53.1 Å². The van der Waals surface area contributed by atoms with Crippen molar-refractivity contribution in [3.8, 4) is 0 Å². The Balaban J connectivity index is 2.03. The van der Waals surface area contributed by atoms with Crippen LogP contribution in [0, 0.1) is 0 Å². The van der Waals surface area contributed by atoms with E-state index in [0.717, 1.165) is 0 Å². The molecule has 0 spiro atoms. The Morgan fingerprint density at radius 2 is 2.06 bits per heavy atom. The number of hydrogen-bond acceptors (Lipinski definition) is 5. The molecule has 0 saturated carbocycles. The summed E-state index contributed by atoms with van der Waals surface area (Å²) in [5.41, 5.74) is -0.869. The van der Waals surface area contributed by atoms with E-state index in [-0.39, 0.29) is 18.8 Å². The van der Waals surface area contributed by atoms with Crippen LogP contribution in [0.15, 0.2) is 0 Å². The second kappa shape index (κ2) is 3.92. The van der Waals surface area contributed by atoms with Crippen LogP contribution >= 0.6 is 0 Å². The minimum atomic E-state index is -0.869. The molecule has 16 heavy (non-hydrogen) atoms. The van der Waals surface area contributed by atoms with E-state index in [9.17, 15) is 10.2 Å². The summed E-state index contributed by atoms with van der Waals surface area (Å²) >= 11 is 0. The van der Waals surface area contributed by atoms with Gasteiger partial charge in [0.2, 0.25) is 0 Å². The van der Waals surface area contributed by atoms with Gasteiger partial charge in [-0.25, -0.2) is 0 Å². The zero-order valence-corrected chi connectivity index (χ0v) is 9.97. The monoisotopic (exact) mass is 232 g/mol. The van der Waals surface area contributed by atoms with Crippen molar-refractivity contribution in [3.63, 3.8) is 0 Å². The zero-order valence-electron chi connectivity index (χ0n) is 9.97. The molecule has 0 aromatic heterocycles. The summed E-state index contributed by atoms with van der Waals surface area (Å²) in [6, 6.07) is 0. The van der Waals surface area contributed by atoms with Gasteiger partial charge in [-0.05, 0) is 20.8 Å². The minimum Gasteiger partial charge on any atom is -0.390 e. The average molecular weight is 232 g/mol. The Kier molecular flexibility index (Phi) is 3.01. The van der Waals surface area contributed by atoms with Gasteiger partial charge in [0.25, 0.3) is 0 Å². The van der Waals surface area contributed by atoms with Gasteiger partial charge in [-0.15, -0.1) is 0 Å². The highest BCUT2D eigenvalue weighted by molar-refractivity contribution is 4.91. The quantitative estimate of drug-likeness (QED) is 0.703. The van der Waals surface area contributed by atoms with E-state index in [4.69, 9.17) is 14.2 Å². The molecule has 2 rings (SSSR count). The van der Waals surface area contributed by atoms with Crippen LogP contribution in [0.1, 0.15) is 27.2 Å². The molecule has 0 bridgehead atoms. The fourth-order valence-corrected chi connectivity index (χ4v) is 2.42. The number of ether oxygens (including phenoxy) is 3. The first-order valence-electron chi connectivity index (χ1n) is 5.63. The molecule has 2 N–H and O–H groups in total. The molecular formula is C11H20O5. The first kappa shape index (κ1) is 12.3. The van der Waals surface area contributed by atoms with E-state index >= 15 is 0 Å². The summed E-state index contributed by atoms with van der Waals surface area (Å²) in [7, 11) is 0. The van der Waals surface area contributed by atoms with E-state index in [1.54, 1.807) is 20.8 Å². The van der Waals surface area contributed by atoms with Gasteiger partial charge < -0.3 is 24.4 Å². The lowest BCUT2D eigenvalue weighted by Gasteiger charge is -2.42. The molecule has 4 unspecified atom stereocenters. The molecule has 2 aliphatic heterocycles. The van der Waals surface area contributed by atoms with E-state index in [1.807, 2.05) is 0 Å². The topological polar surface area (TPSA) is 68.2 Å². The van der Waals surface area contributed by atoms with Crippen molar-refractivity contribution < 1.29 is 24.4 Å². The van der Waals surface area contributed by atoms with Crippen molar-refractivity contribution in [1.29, 1.82) is 0 Å². The fraction of sp³-hybridized carbons (Fsp3) is 1.00. The van der Waals surface area contributed by atoms with Crippen LogP contribution in [-0.2, 0) is 14.2 Å². The highest BCUT2D eigenvalue weighted by atomic mass is 16.7. The zero-order chi connectivity index (χ0) is 12.0. The van der Waals surface area contributed by atoms with Gasteiger partial charge in [-0.3, -0.25) is 0 Å². The summed E-state index contributed by atoms with van der Waals surface area (Å²) < 4.78 is 16.6. The maximum absolute atomic E-state index is 9.79. The molecule has 2 heterocycles. The van der Waals surface area contributed by atoms with Crippen LogP contribution in [0.2, 0.25) is 0 Å². The molecule has 2 aliphatic rings. The van der Waals surface area contributed by atoms with E-state index < -0.39 is 17.5 Å². The standard InChI is InChI=1S/C11H20O5/c1-10(2,13)6-11(3)15-5-8-9(16-11)7(12)4-14-8/h7-9,12-13H,4-6H2,1-3H3. The maximum Gasteiger partial charge on any atom is 0.169 e. The molecule has 2 saturated heterocycles. The Bertz CT molecular complexity index is 262. The van der Waals surface area contributed by atoms with Crippen LogP contribution in [0.5, 0.6) is 0 Å². The Morgan fingerprint density at radius 1 is 1.38 bits per heavy atom. The third-order valence-corrected chi connectivity index (χ3v) is 2.92. The van der Waals surface area contributed by atoms with Gasteiger partial charge in [-0.1, -0.05) is 0 Å². The summed E-state index contributed by atoms with van der Waals surface area (Å²) in [5, 5.41) is 19.5. The van der Waals surface area contributed by atoms with Crippen LogP contribution in [0.4, 0.5) is 0 Å². The van der Waals surface area contributed by atoms with Crippen molar-refractivity contribution in [2.45, 2.75) is 56.9 Å². The molecular weight excluding hydrogens is 212 g/mol. The van der Waals surface area contributed by atoms with E-state index in [1.165, 1.54) is 0 Å². The molecule has 0 aliphatic carbocycles. The van der Waals surface area contributed by atoms with Crippen molar-refractivity contribution in [2.75, 3.05) is 13.2 Å². The molecule has 0 aromatic rings. The largest absolute Gasteiger partial charge is 0.390 e. The molecule has 2 fully saturated rings. The lowest BCUT2D eigenvalue weighted by molar-refractivity contribution is -0.321. The summed E-state index contributed by atoms with van der Waals surface area (Å²) in [6.07, 6.45) is -0.781. The third-order valence-electron chi connectivity index (χ3n) is 2.92. The Labute approximate surface area is 95.3 Å². The number of fused-ring (bicyclic) bond motifs is 1.